The van der Waals surface area contributed by atoms with E-state index in [9.17, 15) is 8.42 Å². The highest BCUT2D eigenvalue weighted by atomic mass is 32.2. The van der Waals surface area contributed by atoms with Gasteiger partial charge in [0, 0.05) is 12.6 Å². The monoisotopic (exact) mass is 288 g/mol. The van der Waals surface area contributed by atoms with Crippen molar-refractivity contribution in [1.82, 2.24) is 19.8 Å². The molecule has 0 amide bonds. The second-order valence-electron chi connectivity index (χ2n) is 4.76. The lowest BCUT2D eigenvalue weighted by Gasteiger charge is -2.12. The van der Waals surface area contributed by atoms with E-state index < -0.39 is 10.0 Å². The van der Waals surface area contributed by atoms with Crippen LogP contribution in [0, 0.1) is 13.8 Å². The van der Waals surface area contributed by atoms with Crippen molar-refractivity contribution in [3.8, 4) is 0 Å². The fourth-order valence-corrected chi connectivity index (χ4v) is 3.65. The number of hydrogen-bond donors (Lipinski definition) is 2. The van der Waals surface area contributed by atoms with Gasteiger partial charge in [0.25, 0.3) is 0 Å². The number of sulfonamides is 1. The van der Waals surface area contributed by atoms with Gasteiger partial charge in [-0.05, 0) is 34.2 Å². The number of nitrogens with one attached hydrogen (secondary N) is 2. The molecule has 19 heavy (non-hydrogen) atoms. The zero-order valence-electron chi connectivity index (χ0n) is 12.3. The summed E-state index contributed by atoms with van der Waals surface area (Å²) < 4.78 is 29.1. The fourth-order valence-electron chi connectivity index (χ4n) is 1.91. The van der Waals surface area contributed by atoms with Gasteiger partial charge in [-0.1, -0.05) is 6.92 Å². The molecule has 1 aromatic rings. The molecule has 7 heteroatoms. The van der Waals surface area contributed by atoms with Crippen molar-refractivity contribution in [3.63, 3.8) is 0 Å². The van der Waals surface area contributed by atoms with E-state index in [2.05, 4.69) is 15.1 Å². The molecular formula is C12H24N4O2S. The maximum atomic E-state index is 12.4. The van der Waals surface area contributed by atoms with Crippen LogP contribution in [0.1, 0.15) is 31.7 Å². The average molecular weight is 288 g/mol. The van der Waals surface area contributed by atoms with Gasteiger partial charge in [0.15, 0.2) is 0 Å². The average Bonchev–Trinajstić information content (AvgIpc) is 2.61. The van der Waals surface area contributed by atoms with Gasteiger partial charge in [0.2, 0.25) is 10.0 Å². The Morgan fingerprint density at radius 1 is 1.37 bits per heavy atom. The maximum absolute atomic E-state index is 12.4. The first-order valence-corrected chi connectivity index (χ1v) is 8.02. The summed E-state index contributed by atoms with van der Waals surface area (Å²) in [4.78, 5) is 0.309. The summed E-state index contributed by atoms with van der Waals surface area (Å²) in [6, 6.07) is -0.0792. The van der Waals surface area contributed by atoms with Gasteiger partial charge in [-0.2, -0.15) is 5.10 Å². The minimum Gasteiger partial charge on any atom is -0.318 e. The molecule has 0 saturated heterocycles. The third kappa shape index (κ3) is 3.77. The van der Waals surface area contributed by atoms with E-state index in [0.717, 1.165) is 13.0 Å². The molecular weight excluding hydrogens is 264 g/mol. The molecule has 0 aliphatic carbocycles. The smallest absolute Gasteiger partial charge is 0.244 e. The Morgan fingerprint density at radius 3 is 2.53 bits per heavy atom. The van der Waals surface area contributed by atoms with Gasteiger partial charge in [-0.25, -0.2) is 13.1 Å². The van der Waals surface area contributed by atoms with Crippen LogP contribution in [0.2, 0.25) is 0 Å². The first-order chi connectivity index (χ1) is 8.83. The molecule has 0 spiro atoms. The van der Waals surface area contributed by atoms with Crippen LogP contribution in [0.25, 0.3) is 0 Å². The molecule has 1 rings (SSSR count). The SMILES string of the molecule is CCC(C)NS(=O)(=O)c1c(C)nn(CCNC)c1C. The Kier molecular flexibility index (Phi) is 5.51. The van der Waals surface area contributed by atoms with Crippen LogP contribution in [0.15, 0.2) is 4.90 Å². The highest BCUT2D eigenvalue weighted by Gasteiger charge is 2.25. The van der Waals surface area contributed by atoms with Crippen molar-refractivity contribution in [2.45, 2.75) is 51.6 Å². The highest BCUT2D eigenvalue weighted by Crippen LogP contribution is 2.19. The van der Waals surface area contributed by atoms with E-state index >= 15 is 0 Å². The van der Waals surface area contributed by atoms with Crippen LogP contribution >= 0.6 is 0 Å². The molecule has 0 aliphatic heterocycles. The lowest BCUT2D eigenvalue weighted by molar-refractivity contribution is 0.551. The Labute approximate surface area is 115 Å². The molecule has 0 radical (unpaired) electrons. The lowest BCUT2D eigenvalue weighted by Crippen LogP contribution is -2.32. The quantitative estimate of drug-likeness (QED) is 0.778. The number of aromatic nitrogens is 2. The van der Waals surface area contributed by atoms with Crippen LogP contribution in [0.5, 0.6) is 0 Å². The third-order valence-electron chi connectivity index (χ3n) is 3.13. The summed E-state index contributed by atoms with van der Waals surface area (Å²) in [6.45, 7) is 8.73. The standard InChI is InChI=1S/C12H24N4O2S/c1-6-9(2)15-19(17,18)12-10(3)14-16(11(12)4)8-7-13-5/h9,13,15H,6-8H2,1-5H3. The Hall–Kier alpha value is -0.920. The lowest BCUT2D eigenvalue weighted by atomic mass is 10.3. The topological polar surface area (TPSA) is 76.0 Å². The van der Waals surface area contributed by atoms with Gasteiger partial charge in [-0.15, -0.1) is 0 Å². The van der Waals surface area contributed by atoms with Gasteiger partial charge >= 0.3 is 0 Å². The second-order valence-corrected chi connectivity index (χ2v) is 6.41. The predicted molar refractivity (Wildman–Crippen MR) is 75.7 cm³/mol. The summed E-state index contributed by atoms with van der Waals surface area (Å²) >= 11 is 0. The van der Waals surface area contributed by atoms with Crippen LogP contribution < -0.4 is 10.0 Å². The largest absolute Gasteiger partial charge is 0.318 e. The number of rotatable bonds is 7. The summed E-state index contributed by atoms with van der Waals surface area (Å²) in [5, 5.41) is 7.33. The van der Waals surface area contributed by atoms with Crippen molar-refractivity contribution in [1.29, 1.82) is 0 Å². The Bertz CT molecular complexity index is 522. The molecule has 1 heterocycles. The number of likely N-dealkylation sites (N-methyl/N-ethyl adjacent to an activating group) is 1. The fraction of sp³-hybridized carbons (Fsp3) is 0.750. The number of aryl methyl sites for hydroxylation is 1. The number of nitrogens with zero attached hydrogens (tertiary/aromatic N) is 2. The minimum atomic E-state index is -3.49. The first kappa shape index (κ1) is 16.1. The molecule has 1 unspecified atom stereocenters. The van der Waals surface area contributed by atoms with Crippen LogP contribution in [0.4, 0.5) is 0 Å². The van der Waals surface area contributed by atoms with E-state index in [1.54, 1.807) is 18.5 Å². The predicted octanol–water partition coefficient (Wildman–Crippen LogP) is 0.796. The van der Waals surface area contributed by atoms with Gasteiger partial charge < -0.3 is 5.32 Å². The Balaban J connectivity index is 3.09. The molecule has 0 aromatic carbocycles. The summed E-state index contributed by atoms with van der Waals surface area (Å²) in [7, 11) is -1.64. The van der Waals surface area contributed by atoms with Crippen LogP contribution in [-0.4, -0.2) is 37.8 Å². The molecule has 110 valence electrons. The second kappa shape index (κ2) is 6.49. The Morgan fingerprint density at radius 2 is 2.00 bits per heavy atom. The van der Waals surface area contributed by atoms with E-state index in [0.29, 0.717) is 22.8 Å². The zero-order valence-corrected chi connectivity index (χ0v) is 13.1. The summed E-state index contributed by atoms with van der Waals surface area (Å²) in [5.74, 6) is 0. The minimum absolute atomic E-state index is 0.0792. The summed E-state index contributed by atoms with van der Waals surface area (Å²) in [5.41, 5.74) is 1.23. The van der Waals surface area contributed by atoms with Crippen molar-refractivity contribution >= 4 is 10.0 Å². The molecule has 6 nitrogen and oxygen atoms in total. The molecule has 0 fully saturated rings. The van der Waals surface area contributed by atoms with Crippen LogP contribution in [-0.2, 0) is 16.6 Å². The van der Waals surface area contributed by atoms with Crippen LogP contribution in [0.3, 0.4) is 0 Å². The molecule has 0 bridgehead atoms. The first-order valence-electron chi connectivity index (χ1n) is 6.54. The van der Waals surface area contributed by atoms with E-state index in [4.69, 9.17) is 0 Å². The van der Waals surface area contributed by atoms with Crippen molar-refractivity contribution in [3.05, 3.63) is 11.4 Å². The van der Waals surface area contributed by atoms with E-state index in [1.165, 1.54) is 0 Å². The summed E-state index contributed by atoms with van der Waals surface area (Å²) in [6.07, 6.45) is 0.755. The number of hydrogen-bond acceptors (Lipinski definition) is 4. The maximum Gasteiger partial charge on any atom is 0.244 e. The van der Waals surface area contributed by atoms with E-state index in [-0.39, 0.29) is 6.04 Å². The van der Waals surface area contributed by atoms with Crippen molar-refractivity contribution < 1.29 is 8.42 Å². The van der Waals surface area contributed by atoms with Gasteiger partial charge in [-0.3, -0.25) is 4.68 Å². The molecule has 1 atom stereocenters. The van der Waals surface area contributed by atoms with Gasteiger partial charge in [0.05, 0.1) is 17.9 Å². The van der Waals surface area contributed by atoms with Gasteiger partial charge in [0.1, 0.15) is 4.90 Å². The van der Waals surface area contributed by atoms with Crippen molar-refractivity contribution in [2.75, 3.05) is 13.6 Å². The molecule has 1 aromatic heterocycles. The molecule has 0 saturated carbocycles. The molecule has 2 N–H and O–H groups in total. The van der Waals surface area contributed by atoms with Crippen molar-refractivity contribution in [2.24, 2.45) is 0 Å². The highest BCUT2D eigenvalue weighted by molar-refractivity contribution is 7.89. The normalized spacial score (nSPS) is 13.7. The zero-order chi connectivity index (χ0) is 14.6. The van der Waals surface area contributed by atoms with E-state index in [1.807, 2.05) is 20.9 Å². The third-order valence-corrected chi connectivity index (χ3v) is 4.97. The molecule has 0 aliphatic rings.